The van der Waals surface area contributed by atoms with Crippen LogP contribution in [-0.2, 0) is 6.54 Å². The van der Waals surface area contributed by atoms with Crippen molar-refractivity contribution < 1.29 is 4.74 Å². The van der Waals surface area contributed by atoms with Gasteiger partial charge in [0, 0.05) is 33.2 Å². The van der Waals surface area contributed by atoms with E-state index in [4.69, 9.17) is 4.74 Å². The summed E-state index contributed by atoms with van der Waals surface area (Å²) in [5.41, 5.74) is 1.22. The molecule has 0 unspecified atom stereocenters. The van der Waals surface area contributed by atoms with Crippen LogP contribution in [0.4, 0.5) is 0 Å². The van der Waals surface area contributed by atoms with E-state index < -0.39 is 0 Å². The molecule has 1 saturated heterocycles. The van der Waals surface area contributed by atoms with Crippen LogP contribution in [0.25, 0.3) is 0 Å². The molecule has 1 fully saturated rings. The van der Waals surface area contributed by atoms with E-state index in [1.165, 1.54) is 37.9 Å². The summed E-state index contributed by atoms with van der Waals surface area (Å²) in [6.45, 7) is 7.04. The Bertz CT molecular complexity index is 538. The number of nitrogens with one attached hydrogen (secondary N) is 2. The number of nitrogens with zero attached hydrogens (tertiary/aromatic N) is 3. The molecule has 0 radical (unpaired) electrons. The summed E-state index contributed by atoms with van der Waals surface area (Å²) in [6.07, 6.45) is 5.09. The SMILES string of the molecule is CN=C(NCCN1CCCCC1)NCc1ccc(OCCCN(C)C)cc1. The van der Waals surface area contributed by atoms with Crippen molar-refractivity contribution in [3.8, 4) is 5.75 Å². The molecule has 1 heterocycles. The van der Waals surface area contributed by atoms with Gasteiger partial charge in [0.25, 0.3) is 0 Å². The summed E-state index contributed by atoms with van der Waals surface area (Å²) in [5, 5.41) is 6.79. The molecule has 0 bridgehead atoms. The van der Waals surface area contributed by atoms with Gasteiger partial charge in [-0.3, -0.25) is 4.99 Å². The molecular weight excluding hydrogens is 338 g/mol. The van der Waals surface area contributed by atoms with Gasteiger partial charge in [-0.1, -0.05) is 18.6 Å². The van der Waals surface area contributed by atoms with Crippen LogP contribution < -0.4 is 15.4 Å². The zero-order valence-corrected chi connectivity index (χ0v) is 17.3. The second-order valence-electron chi connectivity index (χ2n) is 7.40. The minimum absolute atomic E-state index is 0.753. The molecule has 1 aromatic rings. The Morgan fingerprint density at radius 3 is 2.52 bits per heavy atom. The molecule has 6 heteroatoms. The number of piperidine rings is 1. The highest BCUT2D eigenvalue weighted by Crippen LogP contribution is 2.12. The molecule has 0 spiro atoms. The van der Waals surface area contributed by atoms with E-state index in [1.807, 2.05) is 19.2 Å². The van der Waals surface area contributed by atoms with Crippen LogP contribution in [0.5, 0.6) is 5.75 Å². The molecule has 0 atom stereocenters. The summed E-state index contributed by atoms with van der Waals surface area (Å²) < 4.78 is 5.78. The van der Waals surface area contributed by atoms with Gasteiger partial charge in [-0.2, -0.15) is 0 Å². The monoisotopic (exact) mass is 375 g/mol. The van der Waals surface area contributed by atoms with Gasteiger partial charge in [0.05, 0.1) is 6.61 Å². The quantitative estimate of drug-likeness (QED) is 0.373. The smallest absolute Gasteiger partial charge is 0.191 e. The van der Waals surface area contributed by atoms with Gasteiger partial charge in [0.2, 0.25) is 0 Å². The van der Waals surface area contributed by atoms with Gasteiger partial charge < -0.3 is 25.2 Å². The van der Waals surface area contributed by atoms with Gasteiger partial charge in [-0.15, -0.1) is 0 Å². The van der Waals surface area contributed by atoms with E-state index in [0.29, 0.717) is 0 Å². The average Bonchev–Trinajstić information content (AvgIpc) is 2.69. The molecule has 152 valence electrons. The largest absolute Gasteiger partial charge is 0.494 e. The van der Waals surface area contributed by atoms with Crippen LogP contribution in [-0.4, -0.2) is 76.2 Å². The maximum atomic E-state index is 5.78. The van der Waals surface area contributed by atoms with Crippen molar-refractivity contribution in [2.45, 2.75) is 32.2 Å². The number of hydrogen-bond donors (Lipinski definition) is 2. The van der Waals surface area contributed by atoms with Crippen LogP contribution in [0.2, 0.25) is 0 Å². The van der Waals surface area contributed by atoms with Crippen molar-refractivity contribution in [2.24, 2.45) is 4.99 Å². The molecule has 2 N–H and O–H groups in total. The summed E-state index contributed by atoms with van der Waals surface area (Å²) in [5.74, 6) is 1.79. The lowest BCUT2D eigenvalue weighted by atomic mass is 10.1. The fourth-order valence-corrected chi connectivity index (χ4v) is 3.20. The standard InChI is InChI=1S/C21H37N5O/c1-22-21(23-12-16-26-14-5-4-6-15-26)24-18-19-8-10-20(11-9-19)27-17-7-13-25(2)3/h8-11H,4-7,12-18H2,1-3H3,(H2,22,23,24). The van der Waals surface area contributed by atoms with E-state index in [2.05, 4.69) is 51.7 Å². The Labute approximate surface area is 165 Å². The summed E-state index contributed by atoms with van der Waals surface area (Å²) >= 11 is 0. The number of rotatable bonds is 10. The van der Waals surface area contributed by atoms with Gasteiger partial charge in [0.15, 0.2) is 5.96 Å². The minimum atomic E-state index is 0.753. The number of benzene rings is 1. The first kappa shape index (κ1) is 21.5. The fraction of sp³-hybridized carbons (Fsp3) is 0.667. The number of likely N-dealkylation sites (tertiary alicyclic amines) is 1. The number of guanidine groups is 1. The molecule has 2 rings (SSSR count). The Morgan fingerprint density at radius 2 is 1.85 bits per heavy atom. The van der Waals surface area contributed by atoms with Crippen molar-refractivity contribution in [1.29, 1.82) is 0 Å². The molecule has 6 nitrogen and oxygen atoms in total. The molecular formula is C21H37N5O. The number of ether oxygens (including phenoxy) is 1. The van der Waals surface area contributed by atoms with Gasteiger partial charge in [0.1, 0.15) is 5.75 Å². The topological polar surface area (TPSA) is 52.1 Å². The molecule has 27 heavy (non-hydrogen) atoms. The van der Waals surface area contributed by atoms with E-state index in [-0.39, 0.29) is 0 Å². The highest BCUT2D eigenvalue weighted by molar-refractivity contribution is 5.79. The second kappa shape index (κ2) is 12.6. The molecule has 0 aliphatic carbocycles. The van der Waals surface area contributed by atoms with Crippen molar-refractivity contribution in [2.75, 3.05) is 60.5 Å². The molecule has 0 saturated carbocycles. The fourth-order valence-electron chi connectivity index (χ4n) is 3.20. The molecule has 0 aromatic heterocycles. The van der Waals surface area contributed by atoms with Crippen molar-refractivity contribution in [1.82, 2.24) is 20.4 Å². The van der Waals surface area contributed by atoms with Gasteiger partial charge in [-0.05, 0) is 64.1 Å². The highest BCUT2D eigenvalue weighted by Gasteiger charge is 2.09. The van der Waals surface area contributed by atoms with E-state index in [9.17, 15) is 0 Å². The molecule has 0 amide bonds. The first-order valence-electron chi connectivity index (χ1n) is 10.2. The second-order valence-corrected chi connectivity index (χ2v) is 7.40. The van der Waals surface area contributed by atoms with Crippen LogP contribution >= 0.6 is 0 Å². The third kappa shape index (κ3) is 9.11. The highest BCUT2D eigenvalue weighted by atomic mass is 16.5. The van der Waals surface area contributed by atoms with Gasteiger partial charge in [-0.25, -0.2) is 0 Å². The predicted octanol–water partition coefficient (Wildman–Crippen LogP) is 2.17. The summed E-state index contributed by atoms with van der Waals surface area (Å²) in [7, 11) is 5.98. The Kier molecular flexibility index (Phi) is 10.0. The normalized spacial score (nSPS) is 15.8. The Morgan fingerprint density at radius 1 is 1.11 bits per heavy atom. The van der Waals surface area contributed by atoms with Crippen LogP contribution in [0, 0.1) is 0 Å². The summed E-state index contributed by atoms with van der Waals surface area (Å²) in [6, 6.07) is 8.29. The van der Waals surface area contributed by atoms with Crippen LogP contribution in [0.15, 0.2) is 29.3 Å². The van der Waals surface area contributed by atoms with E-state index >= 15 is 0 Å². The van der Waals surface area contributed by atoms with E-state index in [1.54, 1.807) is 0 Å². The molecule has 1 aromatic carbocycles. The predicted molar refractivity (Wildman–Crippen MR) is 114 cm³/mol. The van der Waals surface area contributed by atoms with Crippen molar-refractivity contribution >= 4 is 5.96 Å². The lowest BCUT2D eigenvalue weighted by Crippen LogP contribution is -2.42. The molecule has 1 aliphatic heterocycles. The third-order valence-electron chi connectivity index (χ3n) is 4.79. The third-order valence-corrected chi connectivity index (χ3v) is 4.79. The maximum absolute atomic E-state index is 5.78. The Hall–Kier alpha value is -1.79. The van der Waals surface area contributed by atoms with Gasteiger partial charge >= 0.3 is 0 Å². The average molecular weight is 376 g/mol. The van der Waals surface area contributed by atoms with Crippen molar-refractivity contribution in [3.63, 3.8) is 0 Å². The van der Waals surface area contributed by atoms with E-state index in [0.717, 1.165) is 50.9 Å². The number of hydrogen-bond acceptors (Lipinski definition) is 4. The zero-order valence-electron chi connectivity index (χ0n) is 17.3. The first-order valence-corrected chi connectivity index (χ1v) is 10.2. The van der Waals surface area contributed by atoms with Crippen LogP contribution in [0.1, 0.15) is 31.2 Å². The lowest BCUT2D eigenvalue weighted by molar-refractivity contribution is 0.232. The van der Waals surface area contributed by atoms with Crippen LogP contribution in [0.3, 0.4) is 0 Å². The molecule has 1 aliphatic rings. The Balaban J connectivity index is 1.63. The number of aliphatic imine (C=N–C) groups is 1. The summed E-state index contributed by atoms with van der Waals surface area (Å²) in [4.78, 5) is 9.02. The minimum Gasteiger partial charge on any atom is -0.494 e. The first-order chi connectivity index (χ1) is 13.2. The maximum Gasteiger partial charge on any atom is 0.191 e. The van der Waals surface area contributed by atoms with Crippen molar-refractivity contribution in [3.05, 3.63) is 29.8 Å². The lowest BCUT2D eigenvalue weighted by Gasteiger charge is -2.26. The zero-order chi connectivity index (χ0) is 19.3.